The first-order valence-electron chi connectivity index (χ1n) is 36.0. The molecule has 4 heterocycles. The molecule has 14 rings (SSSR count). The number of aromatic nitrogens is 4. The third kappa shape index (κ3) is 8.78. The van der Waals surface area contributed by atoms with Crippen molar-refractivity contribution in [1.82, 2.24) is 14.1 Å². The fourth-order valence-electron chi connectivity index (χ4n) is 10.4. The average Bonchev–Trinajstić information content (AvgIpc) is 1.60. The minimum Gasteiger partial charge on any atom is -0.510 e. The van der Waals surface area contributed by atoms with E-state index in [4.69, 9.17) is 17.9 Å². The molecule has 0 saturated heterocycles. The van der Waals surface area contributed by atoms with Crippen LogP contribution in [-0.2, 0) is 31.9 Å². The van der Waals surface area contributed by atoms with Gasteiger partial charge in [0.1, 0.15) is 5.82 Å². The van der Waals surface area contributed by atoms with Gasteiger partial charge in [0.05, 0.1) is 45.5 Å². The first-order valence-corrected chi connectivity index (χ1v) is 25.5. The smallest absolute Gasteiger partial charge is 0.268 e. The van der Waals surface area contributed by atoms with Crippen molar-refractivity contribution < 1.29 is 59.2 Å². The van der Waals surface area contributed by atoms with E-state index in [1.54, 1.807) is 47.2 Å². The molecule has 0 saturated carbocycles. The van der Waals surface area contributed by atoms with Gasteiger partial charge >= 0.3 is 0 Å². The Morgan fingerprint density at radius 3 is 1.76 bits per heavy atom. The van der Waals surface area contributed by atoms with Crippen LogP contribution in [0.1, 0.15) is 81.5 Å². The third-order valence-corrected chi connectivity index (χ3v) is 14.1. The Hall–Kier alpha value is -8.89. The van der Waals surface area contributed by atoms with Crippen LogP contribution in [0.2, 0.25) is 0 Å². The van der Waals surface area contributed by atoms with E-state index < -0.39 is 160 Å². The van der Waals surface area contributed by atoms with Gasteiger partial charge in [-0.2, -0.15) is 18.2 Å². The van der Waals surface area contributed by atoms with Crippen LogP contribution in [-0.4, -0.2) is 14.1 Å². The van der Waals surface area contributed by atoms with Crippen LogP contribution >= 0.6 is 0 Å². The van der Waals surface area contributed by atoms with Gasteiger partial charge in [0.2, 0.25) is 0 Å². The number of para-hydroxylation sites is 2. The molecule has 80 heavy (non-hydrogen) atoms. The van der Waals surface area contributed by atoms with E-state index in [1.807, 2.05) is 73.9 Å². The molecule has 0 aliphatic carbocycles. The van der Waals surface area contributed by atoms with Gasteiger partial charge in [0.15, 0.2) is 0 Å². The van der Waals surface area contributed by atoms with E-state index in [9.17, 15) is 20.6 Å². The van der Waals surface area contributed by atoms with Crippen LogP contribution < -0.4 is 9.30 Å². The molecule has 0 bridgehead atoms. The predicted octanol–water partition coefficient (Wildman–Crippen LogP) is 18.5. The third-order valence-electron chi connectivity index (χ3n) is 14.1. The van der Waals surface area contributed by atoms with Gasteiger partial charge in [-0.1, -0.05) is 198 Å². The molecule has 3 aromatic heterocycles. The van der Waals surface area contributed by atoms with Crippen molar-refractivity contribution in [3.63, 3.8) is 0 Å². The summed E-state index contributed by atoms with van der Waals surface area (Å²) in [6.45, 7) is 12.1. The van der Waals surface area contributed by atoms with E-state index in [0.29, 0.717) is 16.9 Å². The molecule has 0 atom stereocenters. The number of benzene rings is 10. The molecule has 390 valence electrons. The van der Waals surface area contributed by atoms with Crippen LogP contribution in [0.4, 0.5) is 0 Å². The molecule has 5 nitrogen and oxygen atoms in total. The zero-order valence-corrected chi connectivity index (χ0v) is 46.1. The first kappa shape index (κ1) is 32.2. The van der Waals surface area contributed by atoms with Crippen LogP contribution in [0.5, 0.6) is 11.5 Å². The van der Waals surface area contributed by atoms with Gasteiger partial charge < -0.3 is 13.9 Å². The summed E-state index contributed by atoms with van der Waals surface area (Å²) in [5.74, 6) is 1.07. The van der Waals surface area contributed by atoms with E-state index in [0.717, 1.165) is 21.9 Å². The molecular formula is C74H56N4OPt-2. The van der Waals surface area contributed by atoms with E-state index in [2.05, 4.69) is 39.2 Å². The fourth-order valence-corrected chi connectivity index (χ4v) is 10.4. The quantitative estimate of drug-likeness (QED) is 0.118. The molecule has 0 N–H and O–H groups in total. The summed E-state index contributed by atoms with van der Waals surface area (Å²) >= 11 is 0. The molecule has 0 unspecified atom stereocenters. The molecule has 1 aliphatic rings. The number of hydrogen-bond donors (Lipinski definition) is 0. The summed E-state index contributed by atoms with van der Waals surface area (Å²) in [5.41, 5.74) is -1.92. The predicted molar refractivity (Wildman–Crippen MR) is 324 cm³/mol. The van der Waals surface area contributed by atoms with E-state index >= 15 is 0 Å². The van der Waals surface area contributed by atoms with Gasteiger partial charge in [-0.3, -0.25) is 4.57 Å². The Kier molecular flexibility index (Phi) is 7.97. The number of hydrogen-bond acceptors (Lipinski definition) is 2. The number of imidazole rings is 1. The van der Waals surface area contributed by atoms with Crippen LogP contribution in [0.25, 0.3) is 117 Å². The van der Waals surface area contributed by atoms with Gasteiger partial charge in [-0.15, -0.1) is 29.7 Å². The topological polar surface area (TPSA) is 35.9 Å². The summed E-state index contributed by atoms with van der Waals surface area (Å²) in [6, 6.07) is 18.8. The molecule has 6 heteroatoms. The summed E-state index contributed by atoms with van der Waals surface area (Å²) < 4.78 is 208. The van der Waals surface area contributed by atoms with Crippen molar-refractivity contribution in [1.29, 1.82) is 0 Å². The summed E-state index contributed by atoms with van der Waals surface area (Å²) in [5, 5.41) is 1.81. The largest absolute Gasteiger partial charge is 0.510 e. The maximum atomic E-state index is 10.3. The van der Waals surface area contributed by atoms with Gasteiger partial charge in [0.25, 0.3) is 6.33 Å². The molecule has 13 aromatic rings. The van der Waals surface area contributed by atoms with E-state index in [1.165, 1.54) is 16.7 Å². The van der Waals surface area contributed by atoms with Crippen LogP contribution in [0, 0.1) is 18.5 Å². The summed E-state index contributed by atoms with van der Waals surface area (Å²) in [6.07, 6.45) is 5.30. The van der Waals surface area contributed by atoms with Gasteiger partial charge in [-0.05, 0) is 142 Å². The first-order chi connectivity index (χ1) is 47.2. The van der Waals surface area contributed by atoms with Crippen molar-refractivity contribution in [3.05, 3.63) is 260 Å². The second kappa shape index (κ2) is 19.8. The maximum absolute atomic E-state index is 10.3. The Labute approximate surface area is 511 Å². The number of ether oxygens (including phenoxy) is 1. The number of nitrogens with zero attached hydrogens (tertiary/aromatic N) is 4. The number of pyridine rings is 1. The van der Waals surface area contributed by atoms with Crippen molar-refractivity contribution in [2.24, 2.45) is 0 Å². The van der Waals surface area contributed by atoms with E-state index in [-0.39, 0.29) is 99.3 Å². The zero-order chi connectivity index (χ0) is 71.8. The molecule has 0 fully saturated rings. The van der Waals surface area contributed by atoms with Gasteiger partial charge in [-0.25, -0.2) is 4.98 Å². The number of rotatable bonds is 7. The molecular weight excluding hydrogens is 1160 g/mol. The Balaban J connectivity index is 0.00000912. The average molecular weight is 1230 g/mol. The fraction of sp³-hybridized carbons (Fsp3) is 0.108. The molecule has 10 aromatic carbocycles. The second-order valence-corrected chi connectivity index (χ2v) is 21.2. The van der Waals surface area contributed by atoms with Crippen molar-refractivity contribution in [2.75, 3.05) is 0 Å². The summed E-state index contributed by atoms with van der Waals surface area (Å²) in [7, 11) is 0. The Morgan fingerprint density at radius 1 is 0.500 bits per heavy atom. The molecule has 0 radical (unpaired) electrons. The Morgan fingerprint density at radius 2 is 1.10 bits per heavy atom. The minimum absolute atomic E-state index is 0. The van der Waals surface area contributed by atoms with Gasteiger partial charge in [0, 0.05) is 44.3 Å². The monoisotopic (exact) mass is 1230 g/mol. The maximum Gasteiger partial charge on any atom is 0.268 e. The standard InChI is InChI=1S/C74H56N4O.Pt/c1-73(2,3)54-37-38-75-70(44-54)78-67-34-18-17-31-62(67)63-36-35-57(46-68(63)78)79-56-26-19-25-55(45-56)76-47-77-71-64(32-20-33-66(71)74(4,5)6)60-29-15-13-27-58(60)59-28-14-16-30-61(59)65-42-53(43-69(76)72(65)77)52-40-50(48-21-9-7-10-22-48)39-51(41-52)49-23-11-8-12-24-49;/h7-44H,1-6H3;/q-2;/i7D,8D,9D,10D,11D,12D,13D,14D,15D,16D,21D,22D,23D,24D,27D,28D,29D,30D,39D,40D,41D;. The zero-order valence-electron chi connectivity index (χ0n) is 64.8. The van der Waals surface area contributed by atoms with Crippen LogP contribution in [0.3, 0.4) is 0 Å². The second-order valence-electron chi connectivity index (χ2n) is 21.2. The molecule has 1 aliphatic heterocycles. The minimum atomic E-state index is -0.912. The number of fused-ring (bicyclic) bond motifs is 10. The summed E-state index contributed by atoms with van der Waals surface area (Å²) in [4.78, 5) is 4.83. The SMILES string of the molecule is [2H]c1c([2H])c([2H])c(-c2c([2H])c(-c3cc4c5c(c3)n(-c3[c-]c(Oc6[c-]c7c(cc6)c6ccccc6n7-c6cc(C(C)(C)C)ccn6)ccc3)[c-][n+]5-c3c(cccc3C(C)(C)C)-c3c([2H])c([2H])c([2H])c([2H])c3-c3c([2H])c([2H])c([2H])c([2H])c3-4)c([2H])c(-c3c([2H])c([2H])c([2H])c([2H])c3[2H])c2[2H])c([2H])c1[2H].[Pt]. The van der Waals surface area contributed by atoms with Crippen molar-refractivity contribution in [2.45, 2.75) is 52.4 Å². The van der Waals surface area contributed by atoms with Crippen molar-refractivity contribution >= 4 is 32.8 Å². The van der Waals surface area contributed by atoms with Crippen LogP contribution in [0.15, 0.2) is 230 Å². The molecule has 0 spiro atoms. The van der Waals surface area contributed by atoms with Crippen molar-refractivity contribution in [3.8, 4) is 95.5 Å². The Bertz CT molecular complexity index is 5680. The normalized spacial score (nSPS) is 15.7. The molecule has 0 amide bonds.